The van der Waals surface area contributed by atoms with Crippen LogP contribution in [0.25, 0.3) is 55.3 Å². The van der Waals surface area contributed by atoms with Gasteiger partial charge in [0.1, 0.15) is 0 Å². The van der Waals surface area contributed by atoms with E-state index >= 15 is 0 Å². The summed E-state index contributed by atoms with van der Waals surface area (Å²) < 4.78 is 0. The van der Waals surface area contributed by atoms with E-state index in [1.165, 1.54) is 0 Å². The molecule has 0 spiro atoms. The summed E-state index contributed by atoms with van der Waals surface area (Å²) in [6.07, 6.45) is 0. The van der Waals surface area contributed by atoms with Gasteiger partial charge in [0.2, 0.25) is 0 Å². The zero-order valence-electron chi connectivity index (χ0n) is 18.1. The molecule has 0 atom stereocenters. The number of pyridine rings is 2. The largest absolute Gasteiger partial charge is 0.321 e. The molecule has 0 aliphatic heterocycles. The van der Waals surface area contributed by atoms with Crippen molar-refractivity contribution in [2.24, 2.45) is 0 Å². The van der Waals surface area contributed by atoms with Crippen LogP contribution in [0.1, 0.15) is 0 Å². The third-order valence-electron chi connectivity index (χ3n) is 6.10. The van der Waals surface area contributed by atoms with Crippen molar-refractivity contribution >= 4 is 33.4 Å². The standard InChI is InChI=1S/C30H19ClN2O/c31-21-15-16-26-24(17-21)28(20-11-5-2-6-12-20)29(30(34)33-26)27-18-23(19-9-3-1-4-10-19)22-13-7-8-14-25(22)32-27/h1-18H,(H,33,34). The Labute approximate surface area is 201 Å². The molecule has 2 aromatic heterocycles. The maximum atomic E-state index is 13.6. The van der Waals surface area contributed by atoms with Crippen molar-refractivity contribution < 1.29 is 0 Å². The Bertz CT molecular complexity index is 1720. The minimum Gasteiger partial charge on any atom is -0.321 e. The van der Waals surface area contributed by atoms with Crippen LogP contribution in [0.4, 0.5) is 0 Å². The summed E-state index contributed by atoms with van der Waals surface area (Å²) in [5, 5.41) is 2.53. The number of para-hydroxylation sites is 1. The zero-order valence-corrected chi connectivity index (χ0v) is 18.9. The van der Waals surface area contributed by atoms with Gasteiger partial charge in [0, 0.05) is 26.9 Å². The average molecular weight is 459 g/mol. The fourth-order valence-corrected chi connectivity index (χ4v) is 4.75. The van der Waals surface area contributed by atoms with Crippen molar-refractivity contribution in [1.82, 2.24) is 9.97 Å². The molecule has 4 aromatic carbocycles. The van der Waals surface area contributed by atoms with Crippen molar-refractivity contribution in [1.29, 1.82) is 0 Å². The minimum absolute atomic E-state index is 0.185. The first-order valence-electron chi connectivity index (χ1n) is 11.1. The van der Waals surface area contributed by atoms with Gasteiger partial charge in [-0.3, -0.25) is 4.79 Å². The maximum absolute atomic E-state index is 13.6. The lowest BCUT2D eigenvalue weighted by atomic mass is 9.92. The number of rotatable bonds is 3. The van der Waals surface area contributed by atoms with Gasteiger partial charge < -0.3 is 4.98 Å². The van der Waals surface area contributed by atoms with Gasteiger partial charge in [-0.1, -0.05) is 90.5 Å². The second-order valence-corrected chi connectivity index (χ2v) is 8.63. The SMILES string of the molecule is O=c1[nH]c2ccc(Cl)cc2c(-c2ccccc2)c1-c1cc(-c2ccccc2)c2ccccc2n1. The van der Waals surface area contributed by atoms with Crippen LogP contribution >= 0.6 is 11.6 Å². The van der Waals surface area contributed by atoms with Crippen molar-refractivity contribution in [2.45, 2.75) is 0 Å². The molecule has 0 saturated carbocycles. The number of hydrogen-bond donors (Lipinski definition) is 1. The lowest BCUT2D eigenvalue weighted by molar-refractivity contribution is 1.28. The molecule has 0 fully saturated rings. The summed E-state index contributed by atoms with van der Waals surface area (Å²) in [6, 6.07) is 35.7. The Morgan fingerprint density at radius 1 is 0.647 bits per heavy atom. The quantitative estimate of drug-likeness (QED) is 0.295. The molecular formula is C30H19ClN2O. The van der Waals surface area contributed by atoms with Gasteiger partial charge in [-0.2, -0.15) is 0 Å². The monoisotopic (exact) mass is 458 g/mol. The van der Waals surface area contributed by atoms with Gasteiger partial charge in [-0.25, -0.2) is 4.98 Å². The van der Waals surface area contributed by atoms with Crippen LogP contribution in [0, 0.1) is 0 Å². The van der Waals surface area contributed by atoms with Crippen LogP contribution in [-0.2, 0) is 0 Å². The first-order valence-corrected chi connectivity index (χ1v) is 11.4. The molecule has 6 rings (SSSR count). The van der Waals surface area contributed by atoms with E-state index in [2.05, 4.69) is 23.2 Å². The highest BCUT2D eigenvalue weighted by atomic mass is 35.5. The second-order valence-electron chi connectivity index (χ2n) is 8.20. The Kier molecular flexibility index (Phi) is 4.97. The van der Waals surface area contributed by atoms with E-state index in [1.54, 1.807) is 6.07 Å². The van der Waals surface area contributed by atoms with E-state index in [0.29, 0.717) is 16.3 Å². The highest BCUT2D eigenvalue weighted by Gasteiger charge is 2.19. The predicted octanol–water partition coefficient (Wildman–Crippen LogP) is 7.73. The number of aromatic amines is 1. The van der Waals surface area contributed by atoms with E-state index in [4.69, 9.17) is 16.6 Å². The molecule has 0 amide bonds. The molecular weight excluding hydrogens is 440 g/mol. The fraction of sp³-hybridized carbons (Fsp3) is 0. The lowest BCUT2D eigenvalue weighted by Crippen LogP contribution is -2.12. The van der Waals surface area contributed by atoms with E-state index < -0.39 is 0 Å². The number of aromatic nitrogens is 2. The normalized spacial score (nSPS) is 11.2. The van der Waals surface area contributed by atoms with Gasteiger partial charge in [0.25, 0.3) is 5.56 Å². The summed E-state index contributed by atoms with van der Waals surface area (Å²) in [4.78, 5) is 21.6. The molecule has 0 radical (unpaired) electrons. The summed E-state index contributed by atoms with van der Waals surface area (Å²) in [6.45, 7) is 0. The van der Waals surface area contributed by atoms with Gasteiger partial charge in [-0.05, 0) is 47.0 Å². The number of hydrogen-bond acceptors (Lipinski definition) is 2. The first kappa shape index (κ1) is 20.4. The number of halogens is 1. The van der Waals surface area contributed by atoms with Crippen LogP contribution in [-0.4, -0.2) is 9.97 Å². The highest BCUT2D eigenvalue weighted by Crippen LogP contribution is 2.38. The van der Waals surface area contributed by atoms with E-state index in [-0.39, 0.29) is 5.56 Å². The topological polar surface area (TPSA) is 45.8 Å². The predicted molar refractivity (Wildman–Crippen MR) is 141 cm³/mol. The van der Waals surface area contributed by atoms with Crippen molar-refractivity contribution in [2.75, 3.05) is 0 Å². The molecule has 0 saturated heterocycles. The van der Waals surface area contributed by atoms with Crippen LogP contribution in [0.2, 0.25) is 5.02 Å². The van der Waals surface area contributed by atoms with Gasteiger partial charge >= 0.3 is 0 Å². The molecule has 3 nitrogen and oxygen atoms in total. The smallest absolute Gasteiger partial charge is 0.258 e. The van der Waals surface area contributed by atoms with E-state index in [9.17, 15) is 4.79 Å². The highest BCUT2D eigenvalue weighted by molar-refractivity contribution is 6.31. The molecule has 0 bridgehead atoms. The fourth-order valence-electron chi connectivity index (χ4n) is 4.57. The first-order chi connectivity index (χ1) is 16.7. The summed E-state index contributed by atoms with van der Waals surface area (Å²) in [7, 11) is 0. The molecule has 0 aliphatic carbocycles. The Morgan fingerprint density at radius 2 is 1.32 bits per heavy atom. The zero-order chi connectivity index (χ0) is 23.1. The molecule has 162 valence electrons. The third-order valence-corrected chi connectivity index (χ3v) is 6.33. The summed E-state index contributed by atoms with van der Waals surface area (Å²) >= 11 is 6.39. The third kappa shape index (κ3) is 3.47. The number of nitrogens with zero attached hydrogens (tertiary/aromatic N) is 1. The average Bonchev–Trinajstić information content (AvgIpc) is 2.88. The number of H-pyrrole nitrogens is 1. The lowest BCUT2D eigenvalue weighted by Gasteiger charge is -2.15. The van der Waals surface area contributed by atoms with Crippen LogP contribution < -0.4 is 5.56 Å². The molecule has 34 heavy (non-hydrogen) atoms. The van der Waals surface area contributed by atoms with Gasteiger partial charge in [-0.15, -0.1) is 0 Å². The summed E-state index contributed by atoms with van der Waals surface area (Å²) in [5.41, 5.74) is 6.41. The maximum Gasteiger partial charge on any atom is 0.258 e. The molecule has 6 aromatic rings. The van der Waals surface area contributed by atoms with Crippen LogP contribution in [0.3, 0.4) is 0 Å². The van der Waals surface area contributed by atoms with E-state index in [1.807, 2.05) is 84.9 Å². The van der Waals surface area contributed by atoms with E-state index in [0.717, 1.165) is 44.1 Å². The molecule has 4 heteroatoms. The van der Waals surface area contributed by atoms with Gasteiger partial charge in [0.15, 0.2) is 0 Å². The minimum atomic E-state index is -0.185. The number of nitrogens with one attached hydrogen (secondary N) is 1. The number of fused-ring (bicyclic) bond motifs is 2. The molecule has 0 aliphatic rings. The van der Waals surface area contributed by atoms with Crippen LogP contribution in [0.5, 0.6) is 0 Å². The Hall–Kier alpha value is -4.21. The second kappa shape index (κ2) is 8.29. The molecule has 1 N–H and O–H groups in total. The number of benzene rings is 4. The van der Waals surface area contributed by atoms with Crippen molar-refractivity contribution in [3.05, 3.63) is 125 Å². The Balaban J connectivity index is 1.75. The van der Waals surface area contributed by atoms with Crippen molar-refractivity contribution in [3.8, 4) is 33.5 Å². The summed E-state index contributed by atoms with van der Waals surface area (Å²) in [5.74, 6) is 0. The van der Waals surface area contributed by atoms with Crippen LogP contribution in [0.15, 0.2) is 114 Å². The molecule has 2 heterocycles. The van der Waals surface area contributed by atoms with Crippen molar-refractivity contribution in [3.63, 3.8) is 0 Å². The van der Waals surface area contributed by atoms with Gasteiger partial charge in [0.05, 0.1) is 16.8 Å². The Morgan fingerprint density at radius 3 is 2.09 bits per heavy atom. The molecule has 0 unspecified atom stereocenters.